The van der Waals surface area contributed by atoms with Crippen LogP contribution in [0.4, 0.5) is 0 Å². The summed E-state index contributed by atoms with van der Waals surface area (Å²) in [4.78, 5) is 0. The zero-order valence-electron chi connectivity index (χ0n) is 30.5. The Morgan fingerprint density at radius 2 is 0.750 bits per heavy atom. The van der Waals surface area contributed by atoms with Crippen LogP contribution in [-0.4, -0.2) is 9.13 Å². The predicted molar refractivity (Wildman–Crippen MR) is 239 cm³/mol. The zero-order valence-corrected chi connectivity index (χ0v) is 30.5. The number of nitrogens with zero attached hydrogens (tertiary/aromatic N) is 2. The number of aromatic nitrogens is 2. The molecule has 0 aliphatic carbocycles. The highest BCUT2D eigenvalue weighted by atomic mass is 15.0. The van der Waals surface area contributed by atoms with Gasteiger partial charge in [0, 0.05) is 32.9 Å². The molecule has 0 aliphatic heterocycles. The summed E-state index contributed by atoms with van der Waals surface area (Å²) in [6.07, 6.45) is 0. The number of fused-ring (bicyclic) bond motifs is 10. The van der Waals surface area contributed by atoms with Crippen LogP contribution in [-0.2, 0) is 0 Å². The minimum Gasteiger partial charge on any atom is -0.309 e. The third kappa shape index (κ3) is 4.50. The Hall–Kier alpha value is -7.42. The number of benzene rings is 10. The smallest absolute Gasteiger partial charge is 0.0553 e. The number of para-hydroxylation sites is 2. The molecule has 0 fully saturated rings. The van der Waals surface area contributed by atoms with Crippen molar-refractivity contribution in [3.8, 4) is 33.6 Å². The lowest BCUT2D eigenvalue weighted by Crippen LogP contribution is -1.95. The molecule has 0 bridgehead atoms. The Balaban J connectivity index is 1.23. The summed E-state index contributed by atoms with van der Waals surface area (Å²) >= 11 is 0. The molecule has 0 spiro atoms. The maximum absolute atomic E-state index is 2.49. The summed E-state index contributed by atoms with van der Waals surface area (Å²) in [5, 5.41) is 12.5. The van der Waals surface area contributed by atoms with Crippen molar-refractivity contribution in [1.29, 1.82) is 0 Å². The van der Waals surface area contributed by atoms with Crippen molar-refractivity contribution in [2.45, 2.75) is 0 Å². The standard InChI is InChI=1S/C54H34N2/c1-3-19-38(20-4-1)55-50-31-37(42-27-13-17-35-15-7-9-23-40(35)42)29-30-45(50)48-33-52-49(34-51(48)55)54-46-26-12-11-25-44(46)47(32-53(54)56(52)39-21-5-2-6-22-39)43-28-14-18-36-16-8-10-24-41(36)43/h1-34H. The third-order valence-corrected chi connectivity index (χ3v) is 11.9. The molecule has 0 N–H and O–H groups in total. The van der Waals surface area contributed by atoms with E-state index >= 15 is 0 Å². The van der Waals surface area contributed by atoms with Crippen molar-refractivity contribution in [3.63, 3.8) is 0 Å². The highest BCUT2D eigenvalue weighted by molar-refractivity contribution is 6.28. The number of hydrogen-bond acceptors (Lipinski definition) is 0. The summed E-state index contributed by atoms with van der Waals surface area (Å²) in [6, 6.07) is 75.8. The Kier molecular flexibility index (Phi) is 6.66. The molecule has 0 saturated carbocycles. The molecule has 0 aliphatic rings. The van der Waals surface area contributed by atoms with Gasteiger partial charge in [0.1, 0.15) is 0 Å². The van der Waals surface area contributed by atoms with E-state index in [-0.39, 0.29) is 0 Å². The monoisotopic (exact) mass is 710 g/mol. The van der Waals surface area contributed by atoms with Crippen LogP contribution in [0.5, 0.6) is 0 Å². The third-order valence-electron chi connectivity index (χ3n) is 11.9. The van der Waals surface area contributed by atoms with E-state index in [0.29, 0.717) is 0 Å². The summed E-state index contributed by atoms with van der Waals surface area (Å²) < 4.78 is 4.96. The highest BCUT2D eigenvalue weighted by Crippen LogP contribution is 2.46. The molecule has 2 heteroatoms. The van der Waals surface area contributed by atoms with Gasteiger partial charge < -0.3 is 9.13 Å². The quantitative estimate of drug-likeness (QED) is 0.172. The maximum atomic E-state index is 2.49. The van der Waals surface area contributed by atoms with Crippen LogP contribution < -0.4 is 0 Å². The van der Waals surface area contributed by atoms with Crippen molar-refractivity contribution in [2.75, 3.05) is 0 Å². The second-order valence-corrected chi connectivity index (χ2v) is 14.9. The minimum absolute atomic E-state index is 1.15. The highest BCUT2D eigenvalue weighted by Gasteiger charge is 2.22. The van der Waals surface area contributed by atoms with Crippen molar-refractivity contribution in [3.05, 3.63) is 206 Å². The largest absolute Gasteiger partial charge is 0.309 e. The van der Waals surface area contributed by atoms with Gasteiger partial charge in [-0.3, -0.25) is 0 Å². The van der Waals surface area contributed by atoms with Gasteiger partial charge in [-0.25, -0.2) is 0 Å². The second-order valence-electron chi connectivity index (χ2n) is 14.9. The molecule has 0 radical (unpaired) electrons. The van der Waals surface area contributed by atoms with Crippen LogP contribution in [0.1, 0.15) is 0 Å². The lowest BCUT2D eigenvalue weighted by atomic mass is 9.92. The molecule has 12 aromatic rings. The molecule has 260 valence electrons. The van der Waals surface area contributed by atoms with E-state index in [1.807, 2.05) is 0 Å². The molecular formula is C54H34N2. The van der Waals surface area contributed by atoms with E-state index in [9.17, 15) is 0 Å². The van der Waals surface area contributed by atoms with Crippen LogP contribution in [0.2, 0.25) is 0 Å². The summed E-state index contributed by atoms with van der Waals surface area (Å²) in [6.45, 7) is 0. The first-order valence-electron chi connectivity index (χ1n) is 19.4. The molecule has 0 saturated heterocycles. The van der Waals surface area contributed by atoms with E-state index in [2.05, 4.69) is 215 Å². The molecule has 10 aromatic carbocycles. The normalized spacial score (nSPS) is 11.9. The Morgan fingerprint density at radius 1 is 0.250 bits per heavy atom. The molecule has 2 nitrogen and oxygen atoms in total. The maximum Gasteiger partial charge on any atom is 0.0553 e. The molecule has 0 amide bonds. The van der Waals surface area contributed by atoms with Crippen molar-refractivity contribution in [2.24, 2.45) is 0 Å². The van der Waals surface area contributed by atoms with Crippen LogP contribution in [0, 0.1) is 0 Å². The van der Waals surface area contributed by atoms with Gasteiger partial charge in [0.2, 0.25) is 0 Å². The van der Waals surface area contributed by atoms with Crippen LogP contribution in [0.15, 0.2) is 206 Å². The van der Waals surface area contributed by atoms with Crippen LogP contribution >= 0.6 is 0 Å². The molecule has 0 unspecified atom stereocenters. The topological polar surface area (TPSA) is 9.86 Å². The SMILES string of the molecule is c1ccc(-n2c3cc(-c4cccc5ccccc45)ccc3c3cc4c(cc32)c2c3ccccc3c(-c3cccc5ccccc35)cc2n4-c2ccccc2)cc1. The van der Waals surface area contributed by atoms with E-state index in [4.69, 9.17) is 0 Å². The van der Waals surface area contributed by atoms with E-state index in [1.165, 1.54) is 98.2 Å². The van der Waals surface area contributed by atoms with Crippen LogP contribution in [0.25, 0.3) is 110 Å². The lowest BCUT2D eigenvalue weighted by molar-refractivity contribution is 1.17. The number of rotatable bonds is 4. The minimum atomic E-state index is 1.15. The molecule has 2 heterocycles. The van der Waals surface area contributed by atoms with Crippen molar-refractivity contribution >= 4 is 75.9 Å². The van der Waals surface area contributed by atoms with Gasteiger partial charge in [0.15, 0.2) is 0 Å². The fourth-order valence-corrected chi connectivity index (χ4v) is 9.43. The zero-order chi connectivity index (χ0) is 36.7. The van der Waals surface area contributed by atoms with Crippen molar-refractivity contribution < 1.29 is 0 Å². The average Bonchev–Trinajstić information content (AvgIpc) is 3.76. The molecular weight excluding hydrogens is 677 g/mol. The fourth-order valence-electron chi connectivity index (χ4n) is 9.43. The van der Waals surface area contributed by atoms with Gasteiger partial charge in [-0.2, -0.15) is 0 Å². The predicted octanol–water partition coefficient (Wildman–Crippen LogP) is 14.7. The van der Waals surface area contributed by atoms with Gasteiger partial charge in [0.05, 0.1) is 22.1 Å². The summed E-state index contributed by atoms with van der Waals surface area (Å²) in [5.41, 5.74) is 12.0. The molecule has 2 aromatic heterocycles. The van der Waals surface area contributed by atoms with Gasteiger partial charge in [0.25, 0.3) is 0 Å². The summed E-state index contributed by atoms with van der Waals surface area (Å²) in [7, 11) is 0. The molecule has 56 heavy (non-hydrogen) atoms. The Morgan fingerprint density at radius 3 is 1.45 bits per heavy atom. The van der Waals surface area contributed by atoms with E-state index < -0.39 is 0 Å². The van der Waals surface area contributed by atoms with Gasteiger partial charge >= 0.3 is 0 Å². The Bertz CT molecular complexity index is 3500. The summed E-state index contributed by atoms with van der Waals surface area (Å²) in [5.74, 6) is 0. The van der Waals surface area contributed by atoms with Gasteiger partial charge in [-0.15, -0.1) is 0 Å². The lowest BCUT2D eigenvalue weighted by Gasteiger charge is -2.14. The Labute approximate surface area is 323 Å². The molecule has 0 atom stereocenters. The van der Waals surface area contributed by atoms with Gasteiger partial charge in [-0.05, 0) is 103 Å². The number of hydrogen-bond donors (Lipinski definition) is 0. The van der Waals surface area contributed by atoms with Crippen LogP contribution in [0.3, 0.4) is 0 Å². The average molecular weight is 711 g/mol. The van der Waals surface area contributed by atoms with Gasteiger partial charge in [-0.1, -0.05) is 158 Å². The van der Waals surface area contributed by atoms with E-state index in [0.717, 1.165) is 11.4 Å². The first-order valence-corrected chi connectivity index (χ1v) is 19.4. The molecule has 12 rings (SSSR count). The van der Waals surface area contributed by atoms with E-state index in [1.54, 1.807) is 0 Å². The second kappa shape index (κ2) is 12.0. The first-order chi connectivity index (χ1) is 27.8. The van der Waals surface area contributed by atoms with Crippen molar-refractivity contribution in [1.82, 2.24) is 9.13 Å². The fraction of sp³-hybridized carbons (Fsp3) is 0. The first kappa shape index (κ1) is 31.0.